The molecule has 0 atom stereocenters. The first-order valence-electron chi connectivity index (χ1n) is 8.85. The van der Waals surface area contributed by atoms with Crippen LogP contribution in [0.1, 0.15) is 56.9 Å². The van der Waals surface area contributed by atoms with E-state index in [4.69, 9.17) is 4.74 Å². The van der Waals surface area contributed by atoms with Crippen molar-refractivity contribution in [2.24, 2.45) is 5.10 Å². The molecule has 1 saturated carbocycles. The van der Waals surface area contributed by atoms with E-state index < -0.39 is 0 Å². The molecule has 1 aliphatic carbocycles. The Morgan fingerprint density at radius 2 is 1.83 bits per heavy atom. The van der Waals surface area contributed by atoms with E-state index in [0.29, 0.717) is 6.54 Å². The Kier molecular flexibility index (Phi) is 5.62. The third kappa shape index (κ3) is 4.43. The molecule has 0 radical (unpaired) electrons. The topological polar surface area (TPSA) is 59.0 Å². The van der Waals surface area contributed by atoms with Gasteiger partial charge in [0.25, 0.3) is 0 Å². The van der Waals surface area contributed by atoms with Crippen molar-refractivity contribution in [1.29, 1.82) is 0 Å². The minimum Gasteiger partial charge on any atom is -0.462 e. The molecule has 2 aliphatic rings. The van der Waals surface area contributed by atoms with Gasteiger partial charge < -0.3 is 4.74 Å². The Balaban J connectivity index is 1.45. The molecule has 1 fully saturated rings. The summed E-state index contributed by atoms with van der Waals surface area (Å²) < 4.78 is 5.45. The van der Waals surface area contributed by atoms with Gasteiger partial charge in [0, 0.05) is 12.8 Å². The lowest BCUT2D eigenvalue weighted by Gasteiger charge is -2.21. The smallest absolute Gasteiger partial charge is 0.306 e. The van der Waals surface area contributed by atoms with Crippen molar-refractivity contribution in [1.82, 2.24) is 5.01 Å². The average Bonchev–Trinajstić information content (AvgIpc) is 3.11. The van der Waals surface area contributed by atoms with E-state index >= 15 is 0 Å². The minimum atomic E-state index is -0.262. The second kappa shape index (κ2) is 8.08. The van der Waals surface area contributed by atoms with Gasteiger partial charge in [-0.2, -0.15) is 5.10 Å². The summed E-state index contributed by atoms with van der Waals surface area (Å²) >= 11 is 0. The first-order chi connectivity index (χ1) is 11.7. The first kappa shape index (κ1) is 16.7. The highest BCUT2D eigenvalue weighted by molar-refractivity contribution is 6.02. The van der Waals surface area contributed by atoms with Crippen molar-refractivity contribution in [2.45, 2.75) is 57.5 Å². The van der Waals surface area contributed by atoms with Gasteiger partial charge in [0.15, 0.2) is 0 Å². The zero-order valence-corrected chi connectivity index (χ0v) is 13.9. The lowest BCUT2D eigenvalue weighted by Crippen LogP contribution is -2.25. The van der Waals surface area contributed by atoms with Crippen LogP contribution in [0.5, 0.6) is 0 Å². The largest absolute Gasteiger partial charge is 0.462 e. The molecule has 1 aromatic rings. The van der Waals surface area contributed by atoms with E-state index in [2.05, 4.69) is 5.10 Å². The Morgan fingerprint density at radius 1 is 1.08 bits per heavy atom. The zero-order chi connectivity index (χ0) is 16.8. The molecule has 0 aromatic heterocycles. The van der Waals surface area contributed by atoms with E-state index in [1.807, 2.05) is 30.3 Å². The number of rotatable bonds is 5. The Bertz CT molecular complexity index is 606. The number of hydrogen-bond donors (Lipinski definition) is 0. The van der Waals surface area contributed by atoms with E-state index in [9.17, 15) is 9.59 Å². The summed E-state index contributed by atoms with van der Waals surface area (Å²) in [5, 5.41) is 5.88. The third-order valence-electron chi connectivity index (χ3n) is 4.59. The molecular weight excluding hydrogens is 304 g/mol. The lowest BCUT2D eigenvalue weighted by atomic mass is 9.98. The molecule has 3 rings (SSSR count). The second-order valence-corrected chi connectivity index (χ2v) is 6.43. The number of esters is 1. The van der Waals surface area contributed by atoms with Crippen molar-refractivity contribution < 1.29 is 14.3 Å². The van der Waals surface area contributed by atoms with Crippen molar-refractivity contribution in [2.75, 3.05) is 6.54 Å². The highest BCUT2D eigenvalue weighted by atomic mass is 16.5. The highest BCUT2D eigenvalue weighted by Crippen LogP contribution is 2.21. The van der Waals surface area contributed by atoms with Crippen LogP contribution >= 0.6 is 0 Å². The maximum Gasteiger partial charge on any atom is 0.306 e. The van der Waals surface area contributed by atoms with Gasteiger partial charge in [-0.05, 0) is 31.2 Å². The van der Waals surface area contributed by atoms with Gasteiger partial charge in [-0.15, -0.1) is 0 Å². The summed E-state index contributed by atoms with van der Waals surface area (Å²) in [6.45, 7) is 0.584. The normalized spacial score (nSPS) is 18.3. The summed E-state index contributed by atoms with van der Waals surface area (Å²) in [5.41, 5.74) is 1.97. The molecule has 0 N–H and O–H groups in total. The van der Waals surface area contributed by atoms with Gasteiger partial charge in [0.2, 0.25) is 5.91 Å². The fourth-order valence-corrected chi connectivity index (χ4v) is 3.24. The Morgan fingerprint density at radius 3 is 2.58 bits per heavy atom. The van der Waals surface area contributed by atoms with Crippen LogP contribution in [0.2, 0.25) is 0 Å². The number of carbonyl (C=O) groups is 2. The number of ether oxygens (including phenoxy) is 1. The van der Waals surface area contributed by atoms with Crippen LogP contribution in [-0.4, -0.2) is 35.2 Å². The molecule has 5 nitrogen and oxygen atoms in total. The Hall–Kier alpha value is -2.17. The van der Waals surface area contributed by atoms with Gasteiger partial charge in [0.1, 0.15) is 6.10 Å². The van der Waals surface area contributed by atoms with Crippen LogP contribution in [0.4, 0.5) is 0 Å². The highest BCUT2D eigenvalue weighted by Gasteiger charge is 2.23. The lowest BCUT2D eigenvalue weighted by molar-refractivity contribution is -0.152. The molecule has 5 heteroatoms. The van der Waals surface area contributed by atoms with Crippen LogP contribution < -0.4 is 0 Å². The predicted octanol–water partition coefficient (Wildman–Crippen LogP) is 3.28. The van der Waals surface area contributed by atoms with Gasteiger partial charge in [-0.3, -0.25) is 9.59 Å². The maximum absolute atomic E-state index is 12.2. The molecule has 1 aromatic carbocycles. The quantitative estimate of drug-likeness (QED) is 0.779. The summed E-state index contributed by atoms with van der Waals surface area (Å²) in [6.07, 6.45) is 6.50. The number of nitrogens with zero attached hydrogens (tertiary/aromatic N) is 2. The number of hydrogen-bond acceptors (Lipinski definition) is 4. The molecule has 24 heavy (non-hydrogen) atoms. The Labute approximate surface area is 142 Å². The molecule has 0 bridgehead atoms. The number of hydrazone groups is 1. The van der Waals surface area contributed by atoms with Crippen molar-refractivity contribution in [3.63, 3.8) is 0 Å². The standard InChI is InChI=1S/C19H24N2O3/c22-18(11-12-19(23)24-16-9-5-2-6-10-16)21-14-13-17(20-21)15-7-3-1-4-8-15/h1,3-4,7-8,16H,2,5-6,9-14H2. The number of benzene rings is 1. The van der Waals surface area contributed by atoms with Crippen molar-refractivity contribution in [3.8, 4) is 0 Å². The average molecular weight is 328 g/mol. The van der Waals surface area contributed by atoms with Crippen LogP contribution in [-0.2, 0) is 14.3 Å². The van der Waals surface area contributed by atoms with E-state index in [0.717, 1.165) is 43.4 Å². The molecule has 0 unspecified atom stereocenters. The molecule has 0 saturated heterocycles. The summed E-state index contributed by atoms with van der Waals surface area (Å²) in [5.74, 6) is -0.372. The summed E-state index contributed by atoms with van der Waals surface area (Å²) in [6, 6.07) is 9.87. The fourth-order valence-electron chi connectivity index (χ4n) is 3.24. The second-order valence-electron chi connectivity index (χ2n) is 6.43. The van der Waals surface area contributed by atoms with Gasteiger partial charge in [-0.1, -0.05) is 36.8 Å². The predicted molar refractivity (Wildman–Crippen MR) is 91.5 cm³/mol. The number of amides is 1. The summed E-state index contributed by atoms with van der Waals surface area (Å²) in [7, 11) is 0. The SMILES string of the molecule is O=C(CCC(=O)N1CCC(c2ccccc2)=N1)OC1CCCCC1. The maximum atomic E-state index is 12.2. The monoisotopic (exact) mass is 328 g/mol. The van der Waals surface area contributed by atoms with Crippen LogP contribution in [0.25, 0.3) is 0 Å². The van der Waals surface area contributed by atoms with Crippen LogP contribution in [0, 0.1) is 0 Å². The summed E-state index contributed by atoms with van der Waals surface area (Å²) in [4.78, 5) is 24.1. The zero-order valence-electron chi connectivity index (χ0n) is 13.9. The van der Waals surface area contributed by atoms with E-state index in [1.54, 1.807) is 0 Å². The molecule has 1 heterocycles. The van der Waals surface area contributed by atoms with E-state index in [1.165, 1.54) is 11.4 Å². The fraction of sp³-hybridized carbons (Fsp3) is 0.526. The molecular formula is C19H24N2O3. The number of carbonyl (C=O) groups excluding carboxylic acids is 2. The third-order valence-corrected chi connectivity index (χ3v) is 4.59. The van der Waals surface area contributed by atoms with Crippen molar-refractivity contribution >= 4 is 17.6 Å². The van der Waals surface area contributed by atoms with Gasteiger partial charge in [-0.25, -0.2) is 5.01 Å². The van der Waals surface area contributed by atoms with E-state index in [-0.39, 0.29) is 30.8 Å². The van der Waals surface area contributed by atoms with Gasteiger partial charge in [0.05, 0.1) is 18.7 Å². The molecule has 1 aliphatic heterocycles. The first-order valence-corrected chi connectivity index (χ1v) is 8.85. The molecule has 128 valence electrons. The molecule has 1 amide bonds. The van der Waals surface area contributed by atoms with Crippen molar-refractivity contribution in [3.05, 3.63) is 35.9 Å². The van der Waals surface area contributed by atoms with Crippen LogP contribution in [0.3, 0.4) is 0 Å². The van der Waals surface area contributed by atoms with Gasteiger partial charge >= 0.3 is 5.97 Å². The van der Waals surface area contributed by atoms with Crippen LogP contribution in [0.15, 0.2) is 35.4 Å². The molecule has 0 spiro atoms. The minimum absolute atomic E-state index is 0.0517.